The molecule has 4 heterocycles. The molecular formula is C17H21F2N5OS. The maximum absolute atomic E-state index is 14.0. The fraction of sp³-hybridized carbons (Fsp3) is 0.588. The number of alkyl halides is 2. The van der Waals surface area contributed by atoms with Crippen LogP contribution < -0.4 is 0 Å². The Morgan fingerprint density at radius 2 is 2.15 bits per heavy atom. The summed E-state index contributed by atoms with van der Waals surface area (Å²) in [4.78, 5) is 15.9. The lowest BCUT2D eigenvalue weighted by Gasteiger charge is -2.22. The number of aromatic nitrogens is 3. The van der Waals surface area contributed by atoms with Crippen LogP contribution in [0.1, 0.15) is 35.3 Å². The topological polar surface area (TPSA) is 54.3 Å². The lowest BCUT2D eigenvalue weighted by Crippen LogP contribution is -2.33. The number of carbonyl (C=O) groups is 1. The van der Waals surface area contributed by atoms with Gasteiger partial charge in [-0.3, -0.25) is 14.4 Å². The van der Waals surface area contributed by atoms with Crippen LogP contribution in [0, 0.1) is 0 Å². The van der Waals surface area contributed by atoms with Crippen LogP contribution in [0.25, 0.3) is 0 Å². The van der Waals surface area contributed by atoms with Gasteiger partial charge in [-0.15, -0.1) is 5.10 Å². The van der Waals surface area contributed by atoms with Crippen LogP contribution in [-0.4, -0.2) is 62.3 Å². The second-order valence-electron chi connectivity index (χ2n) is 7.08. The highest BCUT2D eigenvalue weighted by atomic mass is 32.1. The standard InChI is InChI=1S/C17H21F2N5OS/c18-17(19)7-14(23(12-17)8-13-3-6-26-11-13)9-24-10-15(20-21-24)16(25)22-4-1-2-5-22/h3,6,10-11,14H,1-2,4-5,7-9,12H2/t14-/m0/s1. The fourth-order valence-corrected chi connectivity index (χ4v) is 4.39. The highest BCUT2D eigenvalue weighted by Crippen LogP contribution is 2.34. The molecule has 4 rings (SSSR count). The van der Waals surface area contributed by atoms with Crippen molar-refractivity contribution in [3.63, 3.8) is 0 Å². The number of halogens is 2. The van der Waals surface area contributed by atoms with E-state index in [0.717, 1.165) is 31.5 Å². The minimum Gasteiger partial charge on any atom is -0.337 e. The fourth-order valence-electron chi connectivity index (χ4n) is 3.73. The Kier molecular flexibility index (Phi) is 4.74. The molecule has 0 bridgehead atoms. The molecule has 6 nitrogen and oxygen atoms in total. The van der Waals surface area contributed by atoms with Gasteiger partial charge in [-0.1, -0.05) is 5.21 Å². The summed E-state index contributed by atoms with van der Waals surface area (Å²) in [5.41, 5.74) is 1.34. The molecule has 0 saturated carbocycles. The van der Waals surface area contributed by atoms with E-state index in [9.17, 15) is 13.6 Å². The summed E-state index contributed by atoms with van der Waals surface area (Å²) < 4.78 is 29.5. The van der Waals surface area contributed by atoms with Crippen LogP contribution in [0.2, 0.25) is 0 Å². The van der Waals surface area contributed by atoms with Gasteiger partial charge in [0.15, 0.2) is 5.69 Å². The van der Waals surface area contributed by atoms with Crippen molar-refractivity contribution >= 4 is 17.2 Å². The first-order valence-electron chi connectivity index (χ1n) is 8.82. The zero-order chi connectivity index (χ0) is 18.1. The Labute approximate surface area is 154 Å². The van der Waals surface area contributed by atoms with E-state index in [1.165, 1.54) is 4.68 Å². The van der Waals surface area contributed by atoms with Crippen molar-refractivity contribution in [2.75, 3.05) is 19.6 Å². The Bertz CT molecular complexity index is 757. The van der Waals surface area contributed by atoms with Crippen molar-refractivity contribution in [3.05, 3.63) is 34.3 Å². The van der Waals surface area contributed by atoms with Crippen molar-refractivity contribution < 1.29 is 13.6 Å². The highest BCUT2D eigenvalue weighted by Gasteiger charge is 2.45. The van der Waals surface area contributed by atoms with Crippen molar-refractivity contribution in [2.45, 2.75) is 44.3 Å². The summed E-state index contributed by atoms with van der Waals surface area (Å²) >= 11 is 1.56. The normalized spacial score (nSPS) is 23.0. The second-order valence-corrected chi connectivity index (χ2v) is 7.86. The number of rotatable bonds is 5. The molecule has 0 unspecified atom stereocenters. The van der Waals surface area contributed by atoms with Gasteiger partial charge < -0.3 is 4.90 Å². The zero-order valence-electron chi connectivity index (χ0n) is 14.4. The number of hydrogen-bond donors (Lipinski definition) is 0. The molecule has 26 heavy (non-hydrogen) atoms. The monoisotopic (exact) mass is 381 g/mol. The quantitative estimate of drug-likeness (QED) is 0.799. The molecule has 2 aromatic heterocycles. The van der Waals surface area contributed by atoms with E-state index in [1.54, 1.807) is 27.3 Å². The van der Waals surface area contributed by atoms with Crippen LogP contribution in [0.3, 0.4) is 0 Å². The van der Waals surface area contributed by atoms with Crippen LogP contribution in [0.4, 0.5) is 8.78 Å². The smallest absolute Gasteiger partial charge is 0.276 e. The summed E-state index contributed by atoms with van der Waals surface area (Å²) in [6.45, 7) is 2.05. The number of amides is 1. The maximum Gasteiger partial charge on any atom is 0.276 e. The van der Waals surface area contributed by atoms with E-state index in [-0.39, 0.29) is 24.9 Å². The molecule has 1 amide bonds. The number of likely N-dealkylation sites (tertiary alicyclic amines) is 2. The first kappa shape index (κ1) is 17.5. The van der Waals surface area contributed by atoms with E-state index in [4.69, 9.17) is 0 Å². The Hall–Kier alpha value is -1.87. The molecule has 1 atom stereocenters. The lowest BCUT2D eigenvalue weighted by atomic mass is 10.2. The van der Waals surface area contributed by atoms with Gasteiger partial charge in [0.05, 0.1) is 19.3 Å². The minimum atomic E-state index is -2.70. The number of thiophene rings is 1. The minimum absolute atomic E-state index is 0.124. The Balaban J connectivity index is 1.44. The van der Waals surface area contributed by atoms with Gasteiger partial charge in [-0.25, -0.2) is 8.78 Å². The van der Waals surface area contributed by atoms with E-state index < -0.39 is 5.92 Å². The number of hydrogen-bond acceptors (Lipinski definition) is 5. The van der Waals surface area contributed by atoms with Gasteiger partial charge >= 0.3 is 0 Å². The van der Waals surface area contributed by atoms with E-state index >= 15 is 0 Å². The maximum atomic E-state index is 14.0. The molecular weight excluding hydrogens is 360 g/mol. The molecule has 2 fully saturated rings. The van der Waals surface area contributed by atoms with Crippen LogP contribution in [0.15, 0.2) is 23.0 Å². The Morgan fingerprint density at radius 3 is 2.88 bits per heavy atom. The lowest BCUT2D eigenvalue weighted by molar-refractivity contribution is 0.0113. The van der Waals surface area contributed by atoms with Gasteiger partial charge in [0.1, 0.15) is 0 Å². The average molecular weight is 381 g/mol. The largest absolute Gasteiger partial charge is 0.337 e. The predicted molar refractivity (Wildman–Crippen MR) is 93.2 cm³/mol. The molecule has 2 aliphatic rings. The van der Waals surface area contributed by atoms with Crippen LogP contribution in [0.5, 0.6) is 0 Å². The van der Waals surface area contributed by atoms with Crippen molar-refractivity contribution in [1.29, 1.82) is 0 Å². The van der Waals surface area contributed by atoms with Gasteiger partial charge in [-0.2, -0.15) is 11.3 Å². The molecule has 9 heteroatoms. The summed E-state index contributed by atoms with van der Waals surface area (Å²) in [6.07, 6.45) is 3.40. The van der Waals surface area contributed by atoms with Crippen LogP contribution in [-0.2, 0) is 13.1 Å². The van der Waals surface area contributed by atoms with E-state index in [2.05, 4.69) is 10.3 Å². The van der Waals surface area contributed by atoms with Crippen molar-refractivity contribution in [2.24, 2.45) is 0 Å². The summed E-state index contributed by atoms with van der Waals surface area (Å²) in [5, 5.41) is 11.9. The predicted octanol–water partition coefficient (Wildman–Crippen LogP) is 2.49. The SMILES string of the molecule is O=C(c1cn(C[C@@H]2CC(F)(F)CN2Cc2ccsc2)nn1)N1CCCC1. The molecule has 2 saturated heterocycles. The molecule has 0 N–H and O–H groups in total. The molecule has 0 aliphatic carbocycles. The van der Waals surface area contributed by atoms with Gasteiger partial charge in [0.2, 0.25) is 0 Å². The van der Waals surface area contributed by atoms with Crippen LogP contribution >= 0.6 is 11.3 Å². The molecule has 140 valence electrons. The number of carbonyl (C=O) groups excluding carboxylic acids is 1. The van der Waals surface area contributed by atoms with Gasteiger partial charge in [0.25, 0.3) is 11.8 Å². The van der Waals surface area contributed by atoms with Crippen molar-refractivity contribution in [1.82, 2.24) is 24.8 Å². The average Bonchev–Trinajstić information content (AvgIpc) is 3.36. The Morgan fingerprint density at radius 1 is 1.35 bits per heavy atom. The third-order valence-electron chi connectivity index (χ3n) is 5.00. The highest BCUT2D eigenvalue weighted by molar-refractivity contribution is 7.07. The molecule has 2 aromatic rings. The molecule has 2 aliphatic heterocycles. The molecule has 0 spiro atoms. The molecule has 0 radical (unpaired) electrons. The second kappa shape index (κ2) is 7.03. The van der Waals surface area contributed by atoms with Gasteiger partial charge in [-0.05, 0) is 35.2 Å². The third-order valence-corrected chi connectivity index (χ3v) is 5.73. The first-order valence-corrected chi connectivity index (χ1v) is 9.77. The summed E-state index contributed by atoms with van der Waals surface area (Å²) in [7, 11) is 0. The molecule has 0 aromatic carbocycles. The summed E-state index contributed by atoms with van der Waals surface area (Å²) in [5.74, 6) is -2.82. The summed E-state index contributed by atoms with van der Waals surface area (Å²) in [6, 6.07) is 1.63. The number of nitrogens with zero attached hydrogens (tertiary/aromatic N) is 5. The zero-order valence-corrected chi connectivity index (χ0v) is 15.2. The van der Waals surface area contributed by atoms with Gasteiger partial charge in [0, 0.05) is 32.1 Å². The van der Waals surface area contributed by atoms with E-state index in [0.29, 0.717) is 18.8 Å². The first-order chi connectivity index (χ1) is 12.5. The van der Waals surface area contributed by atoms with E-state index in [1.807, 2.05) is 16.8 Å². The third kappa shape index (κ3) is 3.78. The van der Waals surface area contributed by atoms with Crippen molar-refractivity contribution in [3.8, 4) is 0 Å².